The van der Waals surface area contributed by atoms with Gasteiger partial charge in [0.05, 0.1) is 13.2 Å². The van der Waals surface area contributed by atoms with Gasteiger partial charge < -0.3 is 20.1 Å². The van der Waals surface area contributed by atoms with Crippen molar-refractivity contribution in [3.63, 3.8) is 0 Å². The largest absolute Gasteiger partial charge is 0.395 e. The predicted molar refractivity (Wildman–Crippen MR) is 78.1 cm³/mol. The maximum atomic E-state index is 9.10. The van der Waals surface area contributed by atoms with Crippen molar-refractivity contribution in [2.75, 3.05) is 45.4 Å². The maximum Gasteiger partial charge on any atom is 0.0637 e. The fourth-order valence-corrected chi connectivity index (χ4v) is 2.27. The topological polar surface area (TPSA) is 44.7 Å². The molecule has 18 heavy (non-hydrogen) atoms. The summed E-state index contributed by atoms with van der Waals surface area (Å²) < 4.78 is 6.17. The van der Waals surface area contributed by atoms with Crippen LogP contribution in [-0.2, 0) is 11.3 Å². The Kier molecular flexibility index (Phi) is 7.27. The zero-order valence-electron chi connectivity index (χ0n) is 10.9. The van der Waals surface area contributed by atoms with E-state index in [1.54, 1.807) is 7.11 Å². The third-order valence-corrected chi connectivity index (χ3v) is 3.44. The molecule has 0 aliphatic rings. The second-order valence-corrected chi connectivity index (χ2v) is 4.86. The van der Waals surface area contributed by atoms with Crippen LogP contribution in [0.1, 0.15) is 5.56 Å². The summed E-state index contributed by atoms with van der Waals surface area (Å²) in [6, 6.07) is 6.24. The van der Waals surface area contributed by atoms with Gasteiger partial charge in [-0.3, -0.25) is 0 Å². The van der Waals surface area contributed by atoms with Gasteiger partial charge in [-0.05, 0) is 24.7 Å². The Bertz CT molecular complexity index is 361. The molecule has 0 aliphatic heterocycles. The summed E-state index contributed by atoms with van der Waals surface area (Å²) in [5, 5.41) is 12.2. The summed E-state index contributed by atoms with van der Waals surface area (Å²) in [4.78, 5) is 2.11. The van der Waals surface area contributed by atoms with Crippen LogP contribution in [0.4, 0.5) is 5.69 Å². The highest BCUT2D eigenvalue weighted by Gasteiger charge is 2.08. The second kappa shape index (κ2) is 8.48. The van der Waals surface area contributed by atoms with E-state index in [-0.39, 0.29) is 6.61 Å². The van der Waals surface area contributed by atoms with Gasteiger partial charge >= 0.3 is 0 Å². The summed E-state index contributed by atoms with van der Waals surface area (Å²) in [5.74, 6) is 0. The molecule has 0 aliphatic carbocycles. The molecule has 5 heteroatoms. The molecule has 0 bridgehead atoms. The van der Waals surface area contributed by atoms with Gasteiger partial charge in [0, 0.05) is 36.9 Å². The Labute approximate surface area is 117 Å². The molecule has 0 fully saturated rings. The molecule has 102 valence electrons. The highest BCUT2D eigenvalue weighted by Crippen LogP contribution is 2.24. The van der Waals surface area contributed by atoms with E-state index in [0.29, 0.717) is 13.2 Å². The monoisotopic (exact) mass is 316 g/mol. The Morgan fingerprint density at radius 1 is 1.39 bits per heavy atom. The first-order valence-electron chi connectivity index (χ1n) is 6.00. The number of nitrogens with zero attached hydrogens (tertiary/aromatic N) is 1. The quantitative estimate of drug-likeness (QED) is 0.765. The molecular formula is C13H21BrN2O2. The number of rotatable bonds is 8. The molecule has 2 N–H and O–H groups in total. The Morgan fingerprint density at radius 3 is 2.72 bits per heavy atom. The fourth-order valence-electron chi connectivity index (χ4n) is 1.76. The van der Waals surface area contributed by atoms with Crippen LogP contribution in [0.3, 0.4) is 0 Å². The van der Waals surface area contributed by atoms with E-state index in [2.05, 4.69) is 44.3 Å². The molecule has 0 radical (unpaired) electrons. The van der Waals surface area contributed by atoms with Gasteiger partial charge in [-0.2, -0.15) is 0 Å². The molecule has 0 atom stereocenters. The van der Waals surface area contributed by atoms with Gasteiger partial charge in [-0.25, -0.2) is 0 Å². The van der Waals surface area contributed by atoms with Crippen molar-refractivity contribution in [1.29, 1.82) is 0 Å². The summed E-state index contributed by atoms with van der Waals surface area (Å²) >= 11 is 3.58. The summed E-state index contributed by atoms with van der Waals surface area (Å²) in [7, 11) is 3.61. The smallest absolute Gasteiger partial charge is 0.0637 e. The highest BCUT2D eigenvalue weighted by atomic mass is 79.9. The molecule has 0 spiro atoms. The standard InChI is InChI=1S/C13H21BrN2O2/c1-15-10-11-3-4-12(9-13(11)14)16(5-7-17)6-8-18-2/h3-4,9,15,17H,5-8,10H2,1-2H3. The number of aliphatic hydroxyl groups excluding tert-OH is 1. The zero-order valence-corrected chi connectivity index (χ0v) is 12.5. The minimum absolute atomic E-state index is 0.138. The maximum absolute atomic E-state index is 9.10. The normalized spacial score (nSPS) is 10.7. The number of benzene rings is 1. The third kappa shape index (κ3) is 4.57. The van der Waals surface area contributed by atoms with Crippen molar-refractivity contribution in [2.45, 2.75) is 6.54 Å². The van der Waals surface area contributed by atoms with Crippen molar-refractivity contribution in [3.05, 3.63) is 28.2 Å². The van der Waals surface area contributed by atoms with E-state index in [4.69, 9.17) is 9.84 Å². The number of nitrogens with one attached hydrogen (secondary N) is 1. The van der Waals surface area contributed by atoms with Gasteiger partial charge in [0.2, 0.25) is 0 Å². The zero-order chi connectivity index (χ0) is 13.4. The Balaban J connectivity index is 2.81. The Morgan fingerprint density at radius 2 is 2.17 bits per heavy atom. The molecule has 0 unspecified atom stereocenters. The van der Waals surface area contributed by atoms with Crippen LogP contribution < -0.4 is 10.2 Å². The SMILES string of the molecule is CNCc1ccc(N(CCO)CCOC)cc1Br. The van der Waals surface area contributed by atoms with Gasteiger partial charge in [-0.15, -0.1) is 0 Å². The summed E-state index contributed by atoms with van der Waals surface area (Å²) in [6.07, 6.45) is 0. The average Bonchev–Trinajstić information content (AvgIpc) is 2.37. The van der Waals surface area contributed by atoms with Crippen LogP contribution in [0.25, 0.3) is 0 Å². The lowest BCUT2D eigenvalue weighted by atomic mass is 10.2. The van der Waals surface area contributed by atoms with Gasteiger partial charge in [0.15, 0.2) is 0 Å². The summed E-state index contributed by atoms with van der Waals surface area (Å²) in [5.41, 5.74) is 2.31. The summed E-state index contributed by atoms with van der Waals surface area (Å²) in [6.45, 7) is 3.00. The minimum Gasteiger partial charge on any atom is -0.395 e. The van der Waals surface area contributed by atoms with Crippen LogP contribution in [0, 0.1) is 0 Å². The van der Waals surface area contributed by atoms with Crippen LogP contribution >= 0.6 is 15.9 Å². The molecule has 0 heterocycles. The van der Waals surface area contributed by atoms with Crippen LogP contribution in [0.15, 0.2) is 22.7 Å². The van der Waals surface area contributed by atoms with Gasteiger partial charge in [0.25, 0.3) is 0 Å². The number of ether oxygens (including phenoxy) is 1. The molecule has 1 rings (SSSR count). The molecule has 0 saturated carbocycles. The lowest BCUT2D eigenvalue weighted by molar-refractivity contribution is 0.203. The minimum atomic E-state index is 0.138. The van der Waals surface area contributed by atoms with Crippen molar-refractivity contribution < 1.29 is 9.84 Å². The van der Waals surface area contributed by atoms with E-state index in [0.717, 1.165) is 23.2 Å². The number of hydrogen-bond acceptors (Lipinski definition) is 4. The lowest BCUT2D eigenvalue weighted by Gasteiger charge is -2.24. The predicted octanol–water partition coefficient (Wildman–Crippen LogP) is 1.61. The first-order valence-corrected chi connectivity index (χ1v) is 6.80. The highest BCUT2D eigenvalue weighted by molar-refractivity contribution is 9.10. The van der Waals surface area contributed by atoms with Crippen LogP contribution in [-0.4, -0.2) is 45.6 Å². The molecular weight excluding hydrogens is 296 g/mol. The molecule has 1 aromatic rings. The lowest BCUT2D eigenvalue weighted by Crippen LogP contribution is -2.30. The van der Waals surface area contributed by atoms with E-state index in [1.165, 1.54) is 5.56 Å². The van der Waals surface area contributed by atoms with Crippen molar-refractivity contribution in [1.82, 2.24) is 5.32 Å². The first-order chi connectivity index (χ1) is 8.72. The molecule has 4 nitrogen and oxygen atoms in total. The van der Waals surface area contributed by atoms with E-state index in [1.807, 2.05) is 7.05 Å². The third-order valence-electron chi connectivity index (χ3n) is 2.70. The molecule has 1 aromatic carbocycles. The number of methoxy groups -OCH3 is 1. The van der Waals surface area contributed by atoms with Crippen molar-refractivity contribution >= 4 is 21.6 Å². The molecule has 0 saturated heterocycles. The Hall–Kier alpha value is -0.620. The fraction of sp³-hybridized carbons (Fsp3) is 0.538. The van der Waals surface area contributed by atoms with Crippen molar-refractivity contribution in [2.24, 2.45) is 0 Å². The molecule has 0 aromatic heterocycles. The number of halogens is 1. The number of aliphatic hydroxyl groups is 1. The van der Waals surface area contributed by atoms with E-state index < -0.39 is 0 Å². The van der Waals surface area contributed by atoms with Crippen LogP contribution in [0.2, 0.25) is 0 Å². The van der Waals surface area contributed by atoms with E-state index in [9.17, 15) is 0 Å². The first kappa shape index (κ1) is 15.4. The van der Waals surface area contributed by atoms with Gasteiger partial charge in [-0.1, -0.05) is 22.0 Å². The number of hydrogen-bond donors (Lipinski definition) is 2. The van der Waals surface area contributed by atoms with Crippen LogP contribution in [0.5, 0.6) is 0 Å². The number of anilines is 1. The van der Waals surface area contributed by atoms with E-state index >= 15 is 0 Å². The molecule has 0 amide bonds. The average molecular weight is 317 g/mol. The second-order valence-electron chi connectivity index (χ2n) is 4.01. The van der Waals surface area contributed by atoms with Crippen molar-refractivity contribution in [3.8, 4) is 0 Å². The van der Waals surface area contributed by atoms with Gasteiger partial charge in [0.1, 0.15) is 0 Å².